The Labute approximate surface area is 128 Å². The molecule has 6 heteroatoms. The number of likely N-dealkylation sites (tertiary alicyclic amines) is 1. The molecule has 2 rings (SSSR count). The molecule has 0 aromatic heterocycles. The second-order valence-corrected chi connectivity index (χ2v) is 5.39. The highest BCUT2D eigenvalue weighted by Gasteiger charge is 2.57. The number of nitrogens with zero attached hydrogens (tertiary/aromatic N) is 1. The van der Waals surface area contributed by atoms with E-state index in [0.29, 0.717) is 0 Å². The number of benzene rings is 1. The van der Waals surface area contributed by atoms with Crippen LogP contribution >= 0.6 is 0 Å². The summed E-state index contributed by atoms with van der Waals surface area (Å²) in [5.74, 6) is -2.52. The Morgan fingerprint density at radius 1 is 1.36 bits per heavy atom. The van der Waals surface area contributed by atoms with Gasteiger partial charge in [0.05, 0.1) is 19.1 Å². The van der Waals surface area contributed by atoms with E-state index in [-0.39, 0.29) is 31.5 Å². The molecule has 1 N–H and O–H groups in total. The molecule has 0 bridgehead atoms. The summed E-state index contributed by atoms with van der Waals surface area (Å²) < 4.78 is 4.87. The standard InChI is InChI=1S/C16H19NO5/c1-3-22-15(21)16(14(19)20)9-13(18)17(10-16)11(2)12-7-5-4-6-8-12/h4-8,11H,3,9-10H2,1-2H3,(H,19,20)/t11-,16+/m1/s1. The van der Waals surface area contributed by atoms with Gasteiger partial charge in [-0.1, -0.05) is 30.3 Å². The van der Waals surface area contributed by atoms with E-state index in [1.807, 2.05) is 37.3 Å². The molecule has 0 unspecified atom stereocenters. The van der Waals surface area contributed by atoms with E-state index in [9.17, 15) is 19.5 Å². The lowest BCUT2D eigenvalue weighted by molar-refractivity contribution is -0.167. The van der Waals surface area contributed by atoms with Crippen molar-refractivity contribution in [1.82, 2.24) is 4.90 Å². The van der Waals surface area contributed by atoms with Gasteiger partial charge in [0.2, 0.25) is 5.91 Å². The minimum Gasteiger partial charge on any atom is -0.480 e. The van der Waals surface area contributed by atoms with E-state index in [4.69, 9.17) is 4.74 Å². The molecule has 0 saturated carbocycles. The first-order chi connectivity index (χ1) is 10.4. The molecule has 1 aliphatic heterocycles. The fraction of sp³-hybridized carbons (Fsp3) is 0.438. The van der Waals surface area contributed by atoms with Crippen molar-refractivity contribution in [2.75, 3.05) is 13.2 Å². The highest BCUT2D eigenvalue weighted by molar-refractivity contribution is 6.05. The molecule has 1 aromatic carbocycles. The molecule has 1 aliphatic rings. The normalized spacial score (nSPS) is 22.5. The first-order valence-corrected chi connectivity index (χ1v) is 7.17. The summed E-state index contributed by atoms with van der Waals surface area (Å²) in [5.41, 5.74) is -0.920. The summed E-state index contributed by atoms with van der Waals surface area (Å²) in [6.45, 7) is 3.33. The first kappa shape index (κ1) is 16.0. The highest BCUT2D eigenvalue weighted by Crippen LogP contribution is 2.37. The summed E-state index contributed by atoms with van der Waals surface area (Å²) in [7, 11) is 0. The molecular weight excluding hydrogens is 286 g/mol. The van der Waals surface area contributed by atoms with E-state index < -0.39 is 17.4 Å². The molecule has 1 fully saturated rings. The largest absolute Gasteiger partial charge is 0.480 e. The van der Waals surface area contributed by atoms with Crippen molar-refractivity contribution in [3.8, 4) is 0 Å². The van der Waals surface area contributed by atoms with Crippen LogP contribution in [0.5, 0.6) is 0 Å². The number of esters is 1. The summed E-state index contributed by atoms with van der Waals surface area (Å²) >= 11 is 0. The van der Waals surface area contributed by atoms with Crippen LogP contribution in [-0.2, 0) is 19.1 Å². The minimum absolute atomic E-state index is 0.0797. The molecule has 1 saturated heterocycles. The molecule has 1 aromatic rings. The topological polar surface area (TPSA) is 83.9 Å². The van der Waals surface area contributed by atoms with Gasteiger partial charge < -0.3 is 14.7 Å². The molecule has 1 heterocycles. The smallest absolute Gasteiger partial charge is 0.325 e. The van der Waals surface area contributed by atoms with Crippen LogP contribution in [0.25, 0.3) is 0 Å². The summed E-state index contributed by atoms with van der Waals surface area (Å²) in [6, 6.07) is 8.99. The number of rotatable bonds is 5. The second-order valence-electron chi connectivity index (χ2n) is 5.39. The molecule has 0 radical (unpaired) electrons. The zero-order chi connectivity index (χ0) is 16.3. The second kappa shape index (κ2) is 6.17. The van der Waals surface area contributed by atoms with E-state index in [2.05, 4.69) is 0 Å². The zero-order valence-corrected chi connectivity index (χ0v) is 12.6. The van der Waals surface area contributed by atoms with Gasteiger partial charge in [-0.2, -0.15) is 0 Å². The molecule has 1 amide bonds. The van der Waals surface area contributed by atoms with Crippen molar-refractivity contribution in [2.24, 2.45) is 5.41 Å². The Morgan fingerprint density at radius 2 is 2.00 bits per heavy atom. The van der Waals surface area contributed by atoms with E-state index in [1.165, 1.54) is 4.90 Å². The molecule has 118 valence electrons. The summed E-state index contributed by atoms with van der Waals surface area (Å²) in [6.07, 6.45) is -0.363. The zero-order valence-electron chi connectivity index (χ0n) is 12.6. The number of hydrogen-bond donors (Lipinski definition) is 1. The maximum absolute atomic E-state index is 12.3. The lowest BCUT2D eigenvalue weighted by Crippen LogP contribution is -2.43. The molecule has 2 atom stereocenters. The average molecular weight is 305 g/mol. The van der Waals surface area contributed by atoms with Gasteiger partial charge in [-0.3, -0.25) is 14.4 Å². The van der Waals surface area contributed by atoms with Crippen molar-refractivity contribution in [1.29, 1.82) is 0 Å². The fourth-order valence-corrected chi connectivity index (χ4v) is 2.70. The number of amides is 1. The maximum Gasteiger partial charge on any atom is 0.325 e. The van der Waals surface area contributed by atoms with Crippen LogP contribution in [0.3, 0.4) is 0 Å². The van der Waals surface area contributed by atoms with E-state index in [1.54, 1.807) is 6.92 Å². The number of ether oxygens (including phenoxy) is 1. The van der Waals surface area contributed by atoms with Crippen LogP contribution in [0.1, 0.15) is 31.9 Å². The maximum atomic E-state index is 12.3. The third-order valence-corrected chi connectivity index (χ3v) is 4.04. The summed E-state index contributed by atoms with van der Waals surface area (Å²) in [5, 5.41) is 9.47. The van der Waals surface area contributed by atoms with Crippen LogP contribution in [0.4, 0.5) is 0 Å². The van der Waals surface area contributed by atoms with Gasteiger partial charge in [-0.25, -0.2) is 0 Å². The molecule has 6 nitrogen and oxygen atoms in total. The fourth-order valence-electron chi connectivity index (χ4n) is 2.70. The number of hydrogen-bond acceptors (Lipinski definition) is 4. The van der Waals surface area contributed by atoms with Gasteiger partial charge in [0.25, 0.3) is 0 Å². The first-order valence-electron chi connectivity index (χ1n) is 7.17. The van der Waals surface area contributed by atoms with Crippen LogP contribution in [-0.4, -0.2) is 41.0 Å². The van der Waals surface area contributed by atoms with Crippen molar-refractivity contribution in [3.63, 3.8) is 0 Å². The molecular formula is C16H19NO5. The monoisotopic (exact) mass is 305 g/mol. The van der Waals surface area contributed by atoms with Gasteiger partial charge in [0.15, 0.2) is 5.41 Å². The van der Waals surface area contributed by atoms with Crippen LogP contribution < -0.4 is 0 Å². The van der Waals surface area contributed by atoms with Crippen LogP contribution in [0, 0.1) is 5.41 Å². The van der Waals surface area contributed by atoms with Crippen LogP contribution in [0.15, 0.2) is 30.3 Å². The number of carbonyl (C=O) groups excluding carboxylic acids is 2. The third kappa shape index (κ3) is 2.68. The SMILES string of the molecule is CCOC(=O)[C@@]1(C(=O)O)CC(=O)N([C@H](C)c2ccccc2)C1. The lowest BCUT2D eigenvalue weighted by Gasteiger charge is -2.27. The Bertz CT molecular complexity index is 585. The number of carboxylic acid groups (broad SMARTS) is 1. The van der Waals surface area contributed by atoms with Gasteiger partial charge in [-0.15, -0.1) is 0 Å². The quantitative estimate of drug-likeness (QED) is 0.660. The number of carbonyl (C=O) groups is 3. The third-order valence-electron chi connectivity index (χ3n) is 4.04. The number of carboxylic acids is 1. The Morgan fingerprint density at radius 3 is 2.55 bits per heavy atom. The van der Waals surface area contributed by atoms with Gasteiger partial charge in [-0.05, 0) is 19.4 Å². The predicted octanol–water partition coefficient (Wildman–Crippen LogP) is 1.61. The van der Waals surface area contributed by atoms with Crippen molar-refractivity contribution in [3.05, 3.63) is 35.9 Å². The molecule has 22 heavy (non-hydrogen) atoms. The molecule has 0 spiro atoms. The summed E-state index contributed by atoms with van der Waals surface area (Å²) in [4.78, 5) is 37.4. The highest BCUT2D eigenvalue weighted by atomic mass is 16.5. The van der Waals surface area contributed by atoms with Crippen molar-refractivity contribution >= 4 is 17.8 Å². The Hall–Kier alpha value is -2.37. The molecule has 0 aliphatic carbocycles. The lowest BCUT2D eigenvalue weighted by atomic mass is 9.87. The van der Waals surface area contributed by atoms with Gasteiger partial charge in [0.1, 0.15) is 0 Å². The predicted molar refractivity (Wildman–Crippen MR) is 77.9 cm³/mol. The van der Waals surface area contributed by atoms with E-state index in [0.717, 1.165) is 5.56 Å². The average Bonchev–Trinajstić information content (AvgIpc) is 2.87. The Kier molecular flexibility index (Phi) is 4.49. The van der Waals surface area contributed by atoms with Gasteiger partial charge in [0, 0.05) is 6.54 Å². The Balaban J connectivity index is 2.28. The van der Waals surface area contributed by atoms with Crippen molar-refractivity contribution in [2.45, 2.75) is 26.3 Å². The van der Waals surface area contributed by atoms with E-state index >= 15 is 0 Å². The van der Waals surface area contributed by atoms with Gasteiger partial charge >= 0.3 is 11.9 Å². The van der Waals surface area contributed by atoms with Crippen molar-refractivity contribution < 1.29 is 24.2 Å². The number of aliphatic carboxylic acids is 1. The van der Waals surface area contributed by atoms with Crippen LogP contribution in [0.2, 0.25) is 0 Å². The minimum atomic E-state index is -1.81.